The number of amides is 4. The third-order valence-electron chi connectivity index (χ3n) is 4.41. The minimum atomic E-state index is -4.91. The zero-order valence-corrected chi connectivity index (χ0v) is 16.8. The van der Waals surface area contributed by atoms with E-state index in [0.717, 1.165) is 9.58 Å². The number of aromatic nitrogens is 4. The molecule has 2 bridgehead atoms. The molecule has 3 heterocycles. The van der Waals surface area contributed by atoms with E-state index in [4.69, 9.17) is 9.29 Å². The van der Waals surface area contributed by atoms with Crippen molar-refractivity contribution in [1.82, 2.24) is 41.0 Å². The van der Waals surface area contributed by atoms with Crippen LogP contribution >= 0.6 is 0 Å². The Bertz CT molecular complexity index is 995. The van der Waals surface area contributed by atoms with E-state index in [1.807, 2.05) is 0 Å². The number of hydrogen-bond donors (Lipinski definition) is 3. The van der Waals surface area contributed by atoms with Gasteiger partial charge in [0.25, 0.3) is 17.6 Å². The van der Waals surface area contributed by atoms with Gasteiger partial charge < -0.3 is 9.64 Å². The summed E-state index contributed by atoms with van der Waals surface area (Å²) in [7, 11) is -4.91. The fourth-order valence-electron chi connectivity index (χ4n) is 3.15. The molecule has 3 rings (SSSR count). The third kappa shape index (κ3) is 5.03. The number of fused-ring (bicyclic) bond motifs is 2. The smallest absolute Gasteiger partial charge is 0.418 e. The number of tetrazole rings is 1. The number of nitrogens with zero attached hydrogens (tertiary/aromatic N) is 6. The van der Waals surface area contributed by atoms with Crippen LogP contribution in [-0.4, -0.2) is 92.2 Å². The number of carbonyl (C=O) groups is 4. The number of esters is 1. The Morgan fingerprint density at radius 1 is 1.26 bits per heavy atom. The van der Waals surface area contributed by atoms with Crippen LogP contribution in [0.4, 0.5) is 4.79 Å². The maximum absolute atomic E-state index is 12.4. The lowest BCUT2D eigenvalue weighted by Crippen LogP contribution is -2.54. The van der Waals surface area contributed by atoms with Crippen molar-refractivity contribution < 1.29 is 41.2 Å². The molecule has 0 unspecified atom stereocenters. The lowest BCUT2D eigenvalue weighted by molar-refractivity contribution is -0.132. The van der Waals surface area contributed by atoms with Crippen LogP contribution in [0.3, 0.4) is 0 Å². The number of carbonyl (C=O) groups excluding carboxylic acids is 4. The molecule has 2 aliphatic heterocycles. The highest BCUT2D eigenvalue weighted by molar-refractivity contribution is 7.80. The summed E-state index contributed by atoms with van der Waals surface area (Å²) in [4.78, 5) is 49.5. The SMILES string of the molecule is CCOC(=O)c1nnnn1CC(=O)NNC(=O)[C@@H]1CC[C@@H]2CN1C(=O)N2OS(=O)(=O)O. The summed E-state index contributed by atoms with van der Waals surface area (Å²) in [5.41, 5.74) is 4.26. The number of hydrazine groups is 1. The lowest BCUT2D eigenvalue weighted by Gasteiger charge is -2.29. The third-order valence-corrected chi connectivity index (χ3v) is 4.76. The first-order chi connectivity index (χ1) is 14.6. The molecule has 2 aliphatic rings. The molecule has 2 fully saturated rings. The first-order valence-electron chi connectivity index (χ1n) is 8.89. The maximum Gasteiger partial charge on any atom is 0.418 e. The van der Waals surface area contributed by atoms with Crippen LogP contribution in [0.5, 0.6) is 0 Å². The lowest BCUT2D eigenvalue weighted by atomic mass is 10.0. The van der Waals surface area contributed by atoms with Crippen molar-refractivity contribution >= 4 is 34.2 Å². The molecule has 3 N–H and O–H groups in total. The number of ether oxygens (including phenoxy) is 1. The highest BCUT2D eigenvalue weighted by atomic mass is 32.3. The Hall–Kier alpha value is -3.38. The fourth-order valence-corrected chi connectivity index (χ4v) is 3.54. The van der Waals surface area contributed by atoms with E-state index in [-0.39, 0.29) is 31.8 Å². The van der Waals surface area contributed by atoms with Crippen molar-refractivity contribution in [3.05, 3.63) is 5.82 Å². The zero-order chi connectivity index (χ0) is 22.8. The van der Waals surface area contributed by atoms with Gasteiger partial charge in [-0.15, -0.1) is 9.38 Å². The second kappa shape index (κ2) is 8.78. The standard InChI is InChI=1S/C13H18N8O9S/c1-2-29-12(24)10-15-17-18-20(10)6-9(22)14-16-11(23)8-4-3-7-5-19(8)13(25)21(7)30-31(26,27)28/h7-8H,2-6H2,1H3,(H,14,22)(H,16,23)(H,26,27,28)/t7-,8+/m1/s1. The van der Waals surface area contributed by atoms with Crippen molar-refractivity contribution in [2.24, 2.45) is 0 Å². The monoisotopic (exact) mass is 462 g/mol. The van der Waals surface area contributed by atoms with Gasteiger partial charge in [0.2, 0.25) is 0 Å². The normalized spacial score (nSPS) is 20.5. The molecule has 2 saturated heterocycles. The van der Waals surface area contributed by atoms with Gasteiger partial charge in [-0.2, -0.15) is 13.5 Å². The van der Waals surface area contributed by atoms with Crippen LogP contribution in [0.2, 0.25) is 0 Å². The minimum absolute atomic E-state index is 0.00604. The average molecular weight is 462 g/mol. The molecular weight excluding hydrogens is 444 g/mol. The van der Waals surface area contributed by atoms with E-state index in [9.17, 15) is 27.6 Å². The van der Waals surface area contributed by atoms with Gasteiger partial charge in [0.05, 0.1) is 12.6 Å². The predicted octanol–water partition coefficient (Wildman–Crippen LogP) is -3.00. The number of hydrogen-bond acceptors (Lipinski definition) is 11. The Labute approximate surface area is 174 Å². The zero-order valence-electron chi connectivity index (χ0n) is 16.0. The Balaban J connectivity index is 1.55. The van der Waals surface area contributed by atoms with E-state index in [2.05, 4.69) is 30.7 Å². The Kier molecular flexibility index (Phi) is 6.32. The van der Waals surface area contributed by atoms with E-state index in [1.54, 1.807) is 6.92 Å². The highest BCUT2D eigenvalue weighted by Gasteiger charge is 2.49. The van der Waals surface area contributed by atoms with E-state index in [0.29, 0.717) is 5.06 Å². The van der Waals surface area contributed by atoms with Crippen molar-refractivity contribution in [2.75, 3.05) is 13.2 Å². The molecule has 2 atom stereocenters. The number of nitrogens with one attached hydrogen (secondary N) is 2. The van der Waals surface area contributed by atoms with Crippen LogP contribution in [0.15, 0.2) is 0 Å². The van der Waals surface area contributed by atoms with Gasteiger partial charge in [0.15, 0.2) is 0 Å². The second-order valence-corrected chi connectivity index (χ2v) is 7.43. The molecule has 0 radical (unpaired) electrons. The molecule has 0 saturated carbocycles. The molecular formula is C13H18N8O9S. The van der Waals surface area contributed by atoms with Crippen LogP contribution < -0.4 is 10.9 Å². The summed E-state index contributed by atoms with van der Waals surface area (Å²) >= 11 is 0. The second-order valence-electron chi connectivity index (χ2n) is 6.43. The molecule has 18 heteroatoms. The Morgan fingerprint density at radius 2 is 2.00 bits per heavy atom. The number of piperidine rings is 1. The van der Waals surface area contributed by atoms with Crippen molar-refractivity contribution in [3.8, 4) is 0 Å². The van der Waals surface area contributed by atoms with E-state index in [1.165, 1.54) is 0 Å². The summed E-state index contributed by atoms with van der Waals surface area (Å²) < 4.78 is 40.5. The number of urea groups is 1. The van der Waals surface area contributed by atoms with Gasteiger partial charge in [-0.1, -0.05) is 0 Å². The molecule has 0 aromatic carbocycles. The first-order valence-corrected chi connectivity index (χ1v) is 10.3. The molecule has 31 heavy (non-hydrogen) atoms. The van der Waals surface area contributed by atoms with Gasteiger partial charge in [0, 0.05) is 6.54 Å². The molecule has 1 aromatic heterocycles. The van der Waals surface area contributed by atoms with Gasteiger partial charge in [-0.05, 0) is 30.2 Å². The van der Waals surface area contributed by atoms with Crippen molar-refractivity contribution in [1.29, 1.82) is 0 Å². The molecule has 0 aliphatic carbocycles. The largest absolute Gasteiger partial charge is 0.460 e. The molecule has 17 nitrogen and oxygen atoms in total. The van der Waals surface area contributed by atoms with E-state index >= 15 is 0 Å². The Morgan fingerprint density at radius 3 is 2.68 bits per heavy atom. The summed E-state index contributed by atoms with van der Waals surface area (Å²) in [5, 5.41) is 10.7. The van der Waals surface area contributed by atoms with Crippen molar-refractivity contribution in [3.63, 3.8) is 0 Å². The summed E-state index contributed by atoms with van der Waals surface area (Å²) in [6, 6.07) is -2.59. The van der Waals surface area contributed by atoms with Gasteiger partial charge in [0.1, 0.15) is 12.6 Å². The fraction of sp³-hybridized carbons (Fsp3) is 0.615. The minimum Gasteiger partial charge on any atom is -0.460 e. The van der Waals surface area contributed by atoms with Crippen LogP contribution in [0.1, 0.15) is 30.4 Å². The number of rotatable bonds is 7. The van der Waals surface area contributed by atoms with E-state index < -0.39 is 52.8 Å². The predicted molar refractivity (Wildman–Crippen MR) is 93.4 cm³/mol. The summed E-state index contributed by atoms with van der Waals surface area (Å²) in [6.07, 6.45) is 0.376. The average Bonchev–Trinajstić information content (AvgIpc) is 3.24. The van der Waals surface area contributed by atoms with Crippen molar-refractivity contribution in [2.45, 2.75) is 38.4 Å². The number of hydroxylamine groups is 2. The highest BCUT2D eigenvalue weighted by Crippen LogP contribution is 2.30. The first kappa shape index (κ1) is 22.3. The van der Waals surface area contributed by atoms with Gasteiger partial charge >= 0.3 is 22.4 Å². The molecule has 170 valence electrons. The molecule has 1 aromatic rings. The van der Waals surface area contributed by atoms with Crippen LogP contribution in [0, 0.1) is 0 Å². The summed E-state index contributed by atoms with van der Waals surface area (Å²) in [6.45, 7) is 1.15. The maximum atomic E-state index is 12.4. The summed E-state index contributed by atoms with van der Waals surface area (Å²) in [5.74, 6) is -2.64. The van der Waals surface area contributed by atoms with Gasteiger partial charge in [-0.25, -0.2) is 14.3 Å². The molecule has 0 spiro atoms. The van der Waals surface area contributed by atoms with Crippen LogP contribution in [-0.2, 0) is 35.6 Å². The van der Waals surface area contributed by atoms with Gasteiger partial charge in [-0.3, -0.25) is 25.0 Å². The topological polar surface area (TPSA) is 215 Å². The molecule has 4 amide bonds. The quantitative estimate of drug-likeness (QED) is 0.210. The van der Waals surface area contributed by atoms with Crippen LogP contribution in [0.25, 0.3) is 0 Å².